The molecule has 0 bridgehead atoms. The smallest absolute Gasteiger partial charge is 0.329 e. The molecule has 1 aliphatic carbocycles. The first-order valence-electron chi connectivity index (χ1n) is 16.8. The topological polar surface area (TPSA) is 188 Å². The zero-order chi connectivity index (χ0) is 36.0. The van der Waals surface area contributed by atoms with Crippen molar-refractivity contribution in [2.75, 3.05) is 11.4 Å². The van der Waals surface area contributed by atoms with E-state index in [-0.39, 0.29) is 30.3 Å². The second-order valence-electron chi connectivity index (χ2n) is 13.4. The molecule has 0 saturated heterocycles. The number of nitrogens with zero attached hydrogens (tertiary/aromatic N) is 5. The van der Waals surface area contributed by atoms with Crippen molar-refractivity contribution in [1.82, 2.24) is 41.2 Å². The Bertz CT molecular complexity index is 1940. The number of aromatic amines is 2. The van der Waals surface area contributed by atoms with E-state index >= 15 is 0 Å². The van der Waals surface area contributed by atoms with Crippen LogP contribution < -0.4 is 21.1 Å². The van der Waals surface area contributed by atoms with Crippen LogP contribution in [0.15, 0.2) is 41.2 Å². The van der Waals surface area contributed by atoms with E-state index in [1.165, 1.54) is 0 Å². The van der Waals surface area contributed by atoms with E-state index in [1.54, 1.807) is 39.8 Å². The van der Waals surface area contributed by atoms with E-state index in [0.717, 1.165) is 36.1 Å². The van der Waals surface area contributed by atoms with Crippen molar-refractivity contribution in [3.05, 3.63) is 75.1 Å². The van der Waals surface area contributed by atoms with Gasteiger partial charge in [-0.2, -0.15) is 5.21 Å². The zero-order valence-electron chi connectivity index (χ0n) is 29.0. The van der Waals surface area contributed by atoms with Crippen molar-refractivity contribution in [2.24, 2.45) is 0 Å². The lowest BCUT2D eigenvalue weighted by Gasteiger charge is -2.30. The molecule has 4 aromatic rings. The first kappa shape index (κ1) is 35.7. The van der Waals surface area contributed by atoms with Crippen LogP contribution in [-0.2, 0) is 20.7 Å². The van der Waals surface area contributed by atoms with Crippen molar-refractivity contribution in [2.45, 2.75) is 96.9 Å². The van der Waals surface area contributed by atoms with Crippen molar-refractivity contribution in [3.63, 3.8) is 0 Å². The number of ether oxygens (including phenoxy) is 1. The monoisotopic (exact) mass is 681 g/mol. The minimum absolute atomic E-state index is 0.0132. The largest absolute Gasteiger partial charge is 0.458 e. The fraction of sp³-hybridized carbons (Fsp3) is 0.444. The number of hydrogen-bond acceptors (Lipinski definition) is 10. The van der Waals surface area contributed by atoms with E-state index < -0.39 is 29.6 Å². The Kier molecular flexibility index (Phi) is 10.9. The zero-order valence-corrected chi connectivity index (χ0v) is 29.0. The van der Waals surface area contributed by atoms with Crippen LogP contribution in [-0.4, -0.2) is 66.6 Å². The van der Waals surface area contributed by atoms with Crippen molar-refractivity contribution < 1.29 is 19.1 Å². The Morgan fingerprint density at radius 3 is 2.56 bits per heavy atom. The van der Waals surface area contributed by atoms with Crippen LogP contribution in [0.25, 0.3) is 10.9 Å². The van der Waals surface area contributed by atoms with Gasteiger partial charge in [-0.3, -0.25) is 14.4 Å². The van der Waals surface area contributed by atoms with E-state index in [0.29, 0.717) is 41.1 Å². The van der Waals surface area contributed by atoms with E-state index in [1.807, 2.05) is 31.2 Å². The molecule has 4 N–H and O–H groups in total. The summed E-state index contributed by atoms with van der Waals surface area (Å²) in [4.78, 5) is 61.6. The van der Waals surface area contributed by atoms with Crippen LogP contribution in [0.5, 0.6) is 0 Å². The van der Waals surface area contributed by atoms with Crippen molar-refractivity contribution >= 4 is 34.4 Å². The van der Waals surface area contributed by atoms with Gasteiger partial charge in [-0.25, -0.2) is 9.78 Å². The third-order valence-electron chi connectivity index (χ3n) is 8.47. The van der Waals surface area contributed by atoms with Crippen LogP contribution in [0, 0.1) is 19.3 Å². The number of hydrogen-bond donors (Lipinski definition) is 4. The van der Waals surface area contributed by atoms with Gasteiger partial charge in [0.15, 0.2) is 5.82 Å². The molecule has 50 heavy (non-hydrogen) atoms. The van der Waals surface area contributed by atoms with Gasteiger partial charge in [-0.05, 0) is 101 Å². The highest BCUT2D eigenvalue weighted by molar-refractivity contribution is 5.97. The Labute approximate surface area is 290 Å². The lowest BCUT2D eigenvalue weighted by molar-refractivity contribution is -0.157. The summed E-state index contributed by atoms with van der Waals surface area (Å²) in [5, 5.41) is 20.1. The Balaban J connectivity index is 1.30. The van der Waals surface area contributed by atoms with Gasteiger partial charge in [-0.15, -0.1) is 16.6 Å². The average molecular weight is 682 g/mol. The molecule has 2 amide bonds. The van der Waals surface area contributed by atoms with Gasteiger partial charge in [0.05, 0.1) is 29.5 Å². The summed E-state index contributed by atoms with van der Waals surface area (Å²) in [5.74, 6) is 2.22. The molecule has 3 atom stereocenters. The number of amides is 2. The second-order valence-corrected chi connectivity index (χ2v) is 13.4. The van der Waals surface area contributed by atoms with E-state index in [9.17, 15) is 19.2 Å². The molecule has 262 valence electrons. The molecule has 0 radical (unpaired) electrons. The average Bonchev–Trinajstić information content (AvgIpc) is 3.74. The maximum atomic E-state index is 13.5. The van der Waals surface area contributed by atoms with E-state index in [2.05, 4.69) is 52.0 Å². The lowest BCUT2D eigenvalue weighted by Crippen LogP contribution is -2.45. The number of aryl methyl sites for hydroxylation is 2. The summed E-state index contributed by atoms with van der Waals surface area (Å²) in [6.07, 6.45) is 8.75. The van der Waals surface area contributed by atoms with Gasteiger partial charge < -0.3 is 25.3 Å². The highest BCUT2D eigenvalue weighted by atomic mass is 16.6. The molecule has 0 aliphatic heterocycles. The van der Waals surface area contributed by atoms with Gasteiger partial charge >= 0.3 is 5.97 Å². The normalized spacial score (nSPS) is 15.1. The third-order valence-corrected chi connectivity index (χ3v) is 8.47. The lowest BCUT2D eigenvalue weighted by atomic mass is 10.0. The molecule has 0 saturated carbocycles. The Hall–Kier alpha value is -5.58. The highest BCUT2D eigenvalue weighted by Gasteiger charge is 2.31. The molecule has 0 fully saturated rings. The van der Waals surface area contributed by atoms with Crippen LogP contribution in [0.4, 0.5) is 5.69 Å². The SMILES string of the molecule is C#CCN(c1ccc(C(=O)N[C@@H](CCC(=O)N[C@H](CCC)c2nn[nH]n2)C(=O)OC(C)(C)C)cc1)C1CCc2cc3nc(C)[nH]c(=O)c3cc21. The molecule has 14 heteroatoms. The van der Waals surface area contributed by atoms with Gasteiger partial charge in [0.1, 0.15) is 17.5 Å². The summed E-state index contributed by atoms with van der Waals surface area (Å²) in [6, 6.07) is 9.25. The number of H-pyrrole nitrogens is 2. The number of fused-ring (bicyclic) bond motifs is 2. The van der Waals surface area contributed by atoms with E-state index in [4.69, 9.17) is 11.2 Å². The molecule has 14 nitrogen and oxygen atoms in total. The summed E-state index contributed by atoms with van der Waals surface area (Å²) >= 11 is 0. The van der Waals surface area contributed by atoms with Crippen LogP contribution in [0.2, 0.25) is 0 Å². The number of carbonyl (C=O) groups is 3. The standard InChI is InChI=1S/C36H43N9O5/c1-7-9-27(32-41-43-44-42-32)39-31(46)17-15-28(35(49)50-36(4,5)6)40-33(47)22-10-13-24(14-11-22)45(18-8-2)30-16-12-23-19-29-26(20-25(23)30)34(48)38-21(3)37-29/h2,10-11,13-14,19-20,27-28,30H,7,9,12,15-18H2,1,3-6H3,(H,39,46)(H,40,47)(H,37,38,48)(H,41,42,43,44)/t27-,28+,30?/m1/s1. The molecule has 0 spiro atoms. The van der Waals surface area contributed by atoms with Crippen LogP contribution in [0.3, 0.4) is 0 Å². The van der Waals surface area contributed by atoms with Gasteiger partial charge in [-0.1, -0.05) is 24.5 Å². The minimum Gasteiger partial charge on any atom is -0.458 e. The van der Waals surface area contributed by atoms with Crippen molar-refractivity contribution in [1.29, 1.82) is 0 Å². The molecule has 2 aromatic carbocycles. The van der Waals surface area contributed by atoms with Crippen LogP contribution in [0.1, 0.15) is 105 Å². The summed E-state index contributed by atoms with van der Waals surface area (Å²) in [6.45, 7) is 9.25. The summed E-state index contributed by atoms with van der Waals surface area (Å²) in [5.41, 5.74) is 2.94. The predicted molar refractivity (Wildman–Crippen MR) is 187 cm³/mol. The van der Waals surface area contributed by atoms with Gasteiger partial charge in [0, 0.05) is 17.7 Å². The molecule has 5 rings (SSSR count). The number of terminal acetylenes is 1. The number of rotatable bonds is 13. The van der Waals surface area contributed by atoms with Gasteiger partial charge in [0.2, 0.25) is 5.91 Å². The third kappa shape index (κ3) is 8.52. The number of esters is 1. The number of aromatic nitrogens is 6. The quantitative estimate of drug-likeness (QED) is 0.120. The maximum absolute atomic E-state index is 13.5. The molecule has 2 aromatic heterocycles. The fourth-order valence-electron chi connectivity index (χ4n) is 6.22. The fourth-order valence-corrected chi connectivity index (χ4v) is 6.22. The number of benzene rings is 2. The summed E-state index contributed by atoms with van der Waals surface area (Å²) < 4.78 is 5.58. The maximum Gasteiger partial charge on any atom is 0.329 e. The minimum atomic E-state index is -1.08. The number of nitrogens with one attached hydrogen (secondary N) is 4. The molecular formula is C36H43N9O5. The second kappa shape index (κ2) is 15.3. The predicted octanol–water partition coefficient (Wildman–Crippen LogP) is 3.75. The molecule has 1 aliphatic rings. The Morgan fingerprint density at radius 1 is 1.14 bits per heavy atom. The van der Waals surface area contributed by atoms with Crippen molar-refractivity contribution in [3.8, 4) is 12.3 Å². The molecule has 2 heterocycles. The van der Waals surface area contributed by atoms with Crippen LogP contribution >= 0.6 is 0 Å². The highest BCUT2D eigenvalue weighted by Crippen LogP contribution is 2.39. The summed E-state index contributed by atoms with van der Waals surface area (Å²) in [7, 11) is 0. The Morgan fingerprint density at radius 2 is 1.90 bits per heavy atom. The number of anilines is 1. The number of carbonyl (C=O) groups excluding carboxylic acids is 3. The first-order chi connectivity index (χ1) is 23.9. The van der Waals surface area contributed by atoms with Gasteiger partial charge in [0.25, 0.3) is 11.5 Å². The molecule has 1 unspecified atom stereocenters. The first-order valence-corrected chi connectivity index (χ1v) is 16.8. The molecular weight excluding hydrogens is 638 g/mol. The number of tetrazole rings is 1.